The third-order valence-electron chi connectivity index (χ3n) is 3.88. The van der Waals surface area contributed by atoms with Crippen LogP contribution in [0.15, 0.2) is 24.3 Å². The summed E-state index contributed by atoms with van der Waals surface area (Å²) in [4.78, 5) is 4.72. The molecule has 1 fully saturated rings. The second kappa shape index (κ2) is 6.85. The Morgan fingerprint density at radius 2 is 2.15 bits per heavy atom. The first-order valence-corrected chi connectivity index (χ1v) is 7.22. The Balaban J connectivity index is 1.95. The van der Waals surface area contributed by atoms with Crippen molar-refractivity contribution in [3.63, 3.8) is 0 Å². The topological polar surface area (TPSA) is 50.5 Å². The molecule has 20 heavy (non-hydrogen) atoms. The van der Waals surface area contributed by atoms with Gasteiger partial charge in [0.05, 0.1) is 17.7 Å². The van der Waals surface area contributed by atoms with Crippen LogP contribution in [0.1, 0.15) is 25.0 Å². The van der Waals surface area contributed by atoms with E-state index in [9.17, 15) is 5.11 Å². The first-order valence-electron chi connectivity index (χ1n) is 7.22. The molecule has 0 amide bonds. The van der Waals surface area contributed by atoms with Crippen LogP contribution in [-0.2, 0) is 6.54 Å². The number of piperazine rings is 1. The van der Waals surface area contributed by atoms with E-state index in [0.29, 0.717) is 6.04 Å². The summed E-state index contributed by atoms with van der Waals surface area (Å²) in [6.45, 7) is 8.54. The highest BCUT2D eigenvalue weighted by Crippen LogP contribution is 2.15. The van der Waals surface area contributed by atoms with E-state index in [0.717, 1.165) is 43.9 Å². The second-order valence-electron chi connectivity index (χ2n) is 5.70. The Kier molecular flexibility index (Phi) is 5.13. The van der Waals surface area contributed by atoms with Crippen molar-refractivity contribution in [2.45, 2.75) is 32.5 Å². The van der Waals surface area contributed by atoms with Gasteiger partial charge >= 0.3 is 0 Å². The Bertz CT molecular complexity index is 481. The van der Waals surface area contributed by atoms with Gasteiger partial charge in [0, 0.05) is 38.8 Å². The normalized spacial score (nSPS) is 22.4. The summed E-state index contributed by atoms with van der Waals surface area (Å²) in [7, 11) is 0. The molecule has 0 radical (unpaired) electrons. The van der Waals surface area contributed by atoms with E-state index in [2.05, 4.69) is 22.8 Å². The highest BCUT2D eigenvalue weighted by molar-refractivity contribution is 5.37. The number of hydrogen-bond donors (Lipinski definition) is 1. The first kappa shape index (κ1) is 15.0. The van der Waals surface area contributed by atoms with Crippen molar-refractivity contribution in [2.75, 3.05) is 26.2 Å². The van der Waals surface area contributed by atoms with Crippen molar-refractivity contribution in [1.29, 1.82) is 5.26 Å². The fourth-order valence-corrected chi connectivity index (χ4v) is 2.83. The number of rotatable bonds is 4. The Morgan fingerprint density at radius 1 is 1.40 bits per heavy atom. The summed E-state index contributed by atoms with van der Waals surface area (Å²) in [6.07, 6.45) is -0.275. The molecule has 0 spiro atoms. The van der Waals surface area contributed by atoms with Crippen LogP contribution in [0.2, 0.25) is 0 Å². The molecule has 1 aliphatic rings. The molecule has 1 aliphatic heterocycles. The zero-order chi connectivity index (χ0) is 14.5. The van der Waals surface area contributed by atoms with Crippen LogP contribution >= 0.6 is 0 Å². The van der Waals surface area contributed by atoms with E-state index >= 15 is 0 Å². The summed E-state index contributed by atoms with van der Waals surface area (Å²) in [5.74, 6) is 0. The summed E-state index contributed by atoms with van der Waals surface area (Å²) in [6, 6.07) is 10.5. The van der Waals surface area contributed by atoms with Crippen molar-refractivity contribution < 1.29 is 5.11 Å². The molecule has 1 saturated heterocycles. The molecule has 0 bridgehead atoms. The van der Waals surface area contributed by atoms with Gasteiger partial charge in [-0.25, -0.2) is 0 Å². The Labute approximate surface area is 121 Å². The highest BCUT2D eigenvalue weighted by Gasteiger charge is 2.24. The van der Waals surface area contributed by atoms with E-state index in [1.54, 1.807) is 0 Å². The maximum Gasteiger partial charge on any atom is 0.0995 e. The Hall–Kier alpha value is -1.41. The lowest BCUT2D eigenvalue weighted by molar-refractivity contribution is 0.0423. The average Bonchev–Trinajstić information content (AvgIpc) is 2.42. The molecule has 1 aromatic carbocycles. The van der Waals surface area contributed by atoms with Gasteiger partial charge in [0.25, 0.3) is 0 Å². The number of β-amino-alcohol motifs (C(OH)–C–C–N with tert-alkyl or cyclic N) is 1. The minimum absolute atomic E-state index is 0.275. The minimum atomic E-state index is -0.275. The fraction of sp³-hybridized carbons (Fsp3) is 0.562. The lowest BCUT2D eigenvalue weighted by Crippen LogP contribution is -2.53. The molecule has 4 heteroatoms. The van der Waals surface area contributed by atoms with Gasteiger partial charge in [0.2, 0.25) is 0 Å². The van der Waals surface area contributed by atoms with Crippen LogP contribution < -0.4 is 0 Å². The first-order chi connectivity index (χ1) is 9.60. The number of nitriles is 1. The lowest BCUT2D eigenvalue weighted by Gasteiger charge is -2.40. The largest absolute Gasteiger partial charge is 0.392 e. The highest BCUT2D eigenvalue weighted by atomic mass is 16.3. The van der Waals surface area contributed by atoms with Crippen LogP contribution in [0, 0.1) is 11.3 Å². The molecular formula is C16H23N3O. The summed E-state index contributed by atoms with van der Waals surface area (Å²) < 4.78 is 0. The molecule has 1 aromatic rings. The molecular weight excluding hydrogens is 250 g/mol. The molecule has 0 saturated carbocycles. The monoisotopic (exact) mass is 273 g/mol. The quantitative estimate of drug-likeness (QED) is 0.902. The second-order valence-corrected chi connectivity index (χ2v) is 5.70. The van der Waals surface area contributed by atoms with Crippen molar-refractivity contribution in [2.24, 2.45) is 0 Å². The summed E-state index contributed by atoms with van der Waals surface area (Å²) in [5.41, 5.74) is 1.87. The van der Waals surface area contributed by atoms with E-state index in [-0.39, 0.29) is 6.10 Å². The predicted octanol–water partition coefficient (Wildman–Crippen LogP) is 1.45. The molecule has 1 heterocycles. The number of aliphatic hydroxyl groups is 1. The molecule has 1 N–H and O–H groups in total. The molecule has 2 rings (SSSR count). The zero-order valence-electron chi connectivity index (χ0n) is 12.3. The lowest BCUT2D eigenvalue weighted by atomic mass is 10.1. The zero-order valence-corrected chi connectivity index (χ0v) is 12.3. The van der Waals surface area contributed by atoms with Gasteiger partial charge in [-0.1, -0.05) is 18.2 Å². The molecule has 4 nitrogen and oxygen atoms in total. The van der Waals surface area contributed by atoms with E-state index in [1.807, 2.05) is 31.2 Å². The van der Waals surface area contributed by atoms with Crippen LogP contribution in [0.25, 0.3) is 0 Å². The molecule has 0 aliphatic carbocycles. The van der Waals surface area contributed by atoms with Crippen LogP contribution in [0.3, 0.4) is 0 Å². The van der Waals surface area contributed by atoms with Gasteiger partial charge in [0.1, 0.15) is 0 Å². The van der Waals surface area contributed by atoms with Crippen molar-refractivity contribution >= 4 is 0 Å². The predicted molar refractivity (Wildman–Crippen MR) is 79.1 cm³/mol. The summed E-state index contributed by atoms with van der Waals surface area (Å²) >= 11 is 0. The average molecular weight is 273 g/mol. The fourth-order valence-electron chi connectivity index (χ4n) is 2.83. The number of aliphatic hydroxyl groups excluding tert-OH is 1. The molecule has 0 aromatic heterocycles. The minimum Gasteiger partial charge on any atom is -0.392 e. The summed E-state index contributed by atoms with van der Waals surface area (Å²) in [5, 5.41) is 18.6. The van der Waals surface area contributed by atoms with Gasteiger partial charge < -0.3 is 5.11 Å². The Morgan fingerprint density at radius 3 is 2.80 bits per heavy atom. The van der Waals surface area contributed by atoms with E-state index in [1.165, 1.54) is 0 Å². The van der Waals surface area contributed by atoms with Crippen molar-refractivity contribution in [3.8, 4) is 6.07 Å². The number of nitrogens with zero attached hydrogens (tertiary/aromatic N) is 3. The number of benzene rings is 1. The van der Waals surface area contributed by atoms with Crippen molar-refractivity contribution in [1.82, 2.24) is 9.80 Å². The third kappa shape index (κ3) is 3.80. The van der Waals surface area contributed by atoms with E-state index < -0.39 is 0 Å². The van der Waals surface area contributed by atoms with Gasteiger partial charge in [-0.15, -0.1) is 0 Å². The van der Waals surface area contributed by atoms with Crippen LogP contribution in [-0.4, -0.2) is 53.2 Å². The standard InChI is InChI=1S/C16H23N3O/c1-13-10-18(7-8-19(13)11-14(2)20)12-16-6-4-3-5-15(16)9-17/h3-6,13-14,20H,7-8,10-12H2,1-2H3. The van der Waals surface area contributed by atoms with Gasteiger partial charge in [-0.05, 0) is 25.5 Å². The van der Waals surface area contributed by atoms with Crippen LogP contribution in [0.4, 0.5) is 0 Å². The molecule has 2 unspecified atom stereocenters. The number of hydrogen-bond acceptors (Lipinski definition) is 4. The molecule has 108 valence electrons. The van der Waals surface area contributed by atoms with Crippen LogP contribution in [0.5, 0.6) is 0 Å². The smallest absolute Gasteiger partial charge is 0.0995 e. The van der Waals surface area contributed by atoms with Gasteiger partial charge in [-0.3, -0.25) is 9.80 Å². The van der Waals surface area contributed by atoms with Crippen molar-refractivity contribution in [3.05, 3.63) is 35.4 Å². The SMILES string of the molecule is CC(O)CN1CCN(Cc2ccccc2C#N)CC1C. The maximum absolute atomic E-state index is 9.50. The third-order valence-corrected chi connectivity index (χ3v) is 3.88. The van der Waals surface area contributed by atoms with Gasteiger partial charge in [0.15, 0.2) is 0 Å². The van der Waals surface area contributed by atoms with Gasteiger partial charge in [-0.2, -0.15) is 5.26 Å². The van der Waals surface area contributed by atoms with E-state index in [4.69, 9.17) is 5.26 Å². The maximum atomic E-state index is 9.50. The molecule has 2 atom stereocenters.